The summed E-state index contributed by atoms with van der Waals surface area (Å²) in [6, 6.07) is 3.53. The molecule has 154 valence electrons. The van der Waals surface area contributed by atoms with Crippen molar-refractivity contribution in [1.29, 1.82) is 0 Å². The Balaban J connectivity index is 1.47. The predicted octanol–water partition coefficient (Wildman–Crippen LogP) is 1.53. The summed E-state index contributed by atoms with van der Waals surface area (Å²) in [5.41, 5.74) is 0.630. The van der Waals surface area contributed by atoms with Crippen LogP contribution in [0.4, 0.5) is 10.5 Å². The number of nitrogens with zero attached hydrogens (tertiary/aromatic N) is 3. The van der Waals surface area contributed by atoms with Crippen LogP contribution < -0.4 is 15.0 Å². The van der Waals surface area contributed by atoms with Crippen molar-refractivity contribution in [2.75, 3.05) is 38.2 Å². The van der Waals surface area contributed by atoms with Crippen LogP contribution in [0.3, 0.4) is 0 Å². The first kappa shape index (κ1) is 20.6. The highest BCUT2D eigenvalue weighted by molar-refractivity contribution is 7.92. The molecule has 2 aliphatic rings. The number of carbonyl (C=O) groups is 2. The van der Waals surface area contributed by atoms with Crippen molar-refractivity contribution in [3.63, 3.8) is 0 Å². The van der Waals surface area contributed by atoms with E-state index in [2.05, 4.69) is 19.5 Å². The van der Waals surface area contributed by atoms with E-state index in [0.717, 1.165) is 25.9 Å². The van der Waals surface area contributed by atoms with Crippen LogP contribution in [0.15, 0.2) is 18.3 Å². The number of rotatable bonds is 8. The van der Waals surface area contributed by atoms with Gasteiger partial charge >= 0.3 is 6.09 Å². The molecule has 1 atom stereocenters. The summed E-state index contributed by atoms with van der Waals surface area (Å²) >= 11 is 1.19. The lowest BCUT2D eigenvalue weighted by molar-refractivity contribution is -0.164. The first-order valence-corrected chi connectivity index (χ1v) is 9.72. The zero-order valence-corrected chi connectivity index (χ0v) is 16.6. The lowest BCUT2D eigenvalue weighted by Crippen LogP contribution is -2.34. The average Bonchev–Trinajstić information content (AvgIpc) is 3.07. The van der Waals surface area contributed by atoms with Crippen molar-refractivity contribution in [3.8, 4) is 5.88 Å². The Bertz CT molecular complexity index is 668. The van der Waals surface area contributed by atoms with Crippen molar-refractivity contribution < 1.29 is 28.3 Å². The molecule has 0 unspecified atom stereocenters. The lowest BCUT2D eigenvalue weighted by Gasteiger charge is -2.29. The number of aromatic nitrogens is 1. The van der Waals surface area contributed by atoms with Gasteiger partial charge in [0.25, 0.3) is 0 Å². The van der Waals surface area contributed by atoms with Crippen molar-refractivity contribution in [2.45, 2.75) is 32.0 Å². The number of piperidine rings is 1. The lowest BCUT2D eigenvalue weighted by atomic mass is 10.1. The van der Waals surface area contributed by atoms with Crippen molar-refractivity contribution in [3.05, 3.63) is 18.3 Å². The standard InChI is InChI=1S/C17H24N4O6S/c1-12(22)18-10-15-11-21(17(23)26-15)13-3-4-16(19-9-13)25-14-5-7-20(8-6-14)28-27-24-2/h3-4,9,14-15H,5-8,10-11H2,1-2H3,(H,18,22)/t15-/m0/s1. The second-order valence-corrected chi connectivity index (χ2v) is 7.27. The zero-order valence-electron chi connectivity index (χ0n) is 15.8. The Hall–Kier alpha value is -2.08. The molecule has 1 aromatic heterocycles. The van der Waals surface area contributed by atoms with Crippen molar-refractivity contribution in [1.82, 2.24) is 14.6 Å². The fourth-order valence-corrected chi connectivity index (χ4v) is 3.47. The molecule has 0 aromatic carbocycles. The summed E-state index contributed by atoms with van der Waals surface area (Å²) in [6.07, 6.45) is 2.55. The molecule has 2 amide bonds. The van der Waals surface area contributed by atoms with Crippen LogP contribution in [0.2, 0.25) is 0 Å². The Morgan fingerprint density at radius 3 is 2.82 bits per heavy atom. The molecule has 3 rings (SSSR count). The van der Waals surface area contributed by atoms with E-state index in [4.69, 9.17) is 13.8 Å². The highest BCUT2D eigenvalue weighted by Crippen LogP contribution is 2.25. The molecule has 3 heterocycles. The highest BCUT2D eigenvalue weighted by atomic mass is 32.2. The summed E-state index contributed by atoms with van der Waals surface area (Å²) in [5.74, 6) is 0.360. The average molecular weight is 412 g/mol. The van der Waals surface area contributed by atoms with Gasteiger partial charge in [-0.1, -0.05) is 0 Å². The summed E-state index contributed by atoms with van der Waals surface area (Å²) in [4.78, 5) is 33.4. The number of anilines is 1. The van der Waals surface area contributed by atoms with Crippen LogP contribution in [-0.2, 0) is 18.8 Å². The van der Waals surface area contributed by atoms with E-state index in [-0.39, 0.29) is 18.1 Å². The molecule has 0 aliphatic carbocycles. The quantitative estimate of drug-likeness (QED) is 0.295. The molecule has 0 saturated carbocycles. The molecule has 0 radical (unpaired) electrons. The minimum absolute atomic E-state index is 0.0801. The van der Waals surface area contributed by atoms with Crippen LogP contribution in [-0.4, -0.2) is 66.8 Å². The molecular formula is C17H24N4O6S. The second kappa shape index (κ2) is 9.92. The number of hydrogen-bond acceptors (Lipinski definition) is 9. The van der Waals surface area contributed by atoms with Gasteiger partial charge in [-0.2, -0.15) is 0 Å². The fourth-order valence-electron chi connectivity index (χ4n) is 2.97. The van der Waals surface area contributed by atoms with Gasteiger partial charge in [-0.05, 0) is 18.9 Å². The van der Waals surface area contributed by atoms with E-state index in [1.165, 1.54) is 31.2 Å². The Labute approximate surface area is 167 Å². The third kappa shape index (κ3) is 5.71. The number of carbonyl (C=O) groups excluding carboxylic acids is 2. The summed E-state index contributed by atoms with van der Waals surface area (Å²) in [7, 11) is 1.48. The van der Waals surface area contributed by atoms with Gasteiger partial charge in [-0.3, -0.25) is 9.69 Å². The third-order valence-corrected chi connectivity index (χ3v) is 5.15. The molecule has 1 aromatic rings. The Morgan fingerprint density at radius 1 is 1.39 bits per heavy atom. The molecule has 0 spiro atoms. The minimum atomic E-state index is -0.450. The summed E-state index contributed by atoms with van der Waals surface area (Å²) in [6.45, 7) is 3.73. The maximum atomic E-state index is 12.0. The summed E-state index contributed by atoms with van der Waals surface area (Å²) in [5, 5.41) is 2.65. The molecule has 11 heteroatoms. The van der Waals surface area contributed by atoms with E-state index in [9.17, 15) is 9.59 Å². The normalized spacial score (nSPS) is 20.9. The Kier molecular flexibility index (Phi) is 7.31. The minimum Gasteiger partial charge on any atom is -0.474 e. The first-order valence-electron chi connectivity index (χ1n) is 9.03. The van der Waals surface area contributed by atoms with Crippen LogP contribution in [0.25, 0.3) is 0 Å². The van der Waals surface area contributed by atoms with Gasteiger partial charge in [0, 0.05) is 26.1 Å². The van der Waals surface area contributed by atoms with E-state index < -0.39 is 6.09 Å². The largest absolute Gasteiger partial charge is 0.474 e. The van der Waals surface area contributed by atoms with E-state index >= 15 is 0 Å². The monoisotopic (exact) mass is 412 g/mol. The van der Waals surface area contributed by atoms with E-state index in [1.54, 1.807) is 18.3 Å². The molecule has 1 N–H and O–H groups in total. The third-order valence-electron chi connectivity index (χ3n) is 4.38. The van der Waals surface area contributed by atoms with Gasteiger partial charge in [0.05, 0.1) is 32.1 Å². The van der Waals surface area contributed by atoms with Gasteiger partial charge < -0.3 is 14.8 Å². The van der Waals surface area contributed by atoms with Crippen molar-refractivity contribution >= 4 is 29.9 Å². The SMILES string of the molecule is COOSN1CCC(Oc2ccc(N3C[C@H](CNC(C)=O)OC3=O)cn2)CC1. The van der Waals surface area contributed by atoms with Crippen LogP contribution in [0.5, 0.6) is 5.88 Å². The molecule has 0 bridgehead atoms. The number of pyridine rings is 1. The van der Waals surface area contributed by atoms with Crippen LogP contribution in [0.1, 0.15) is 19.8 Å². The highest BCUT2D eigenvalue weighted by Gasteiger charge is 2.32. The predicted molar refractivity (Wildman–Crippen MR) is 101 cm³/mol. The number of nitrogens with one attached hydrogen (secondary N) is 1. The smallest absolute Gasteiger partial charge is 0.414 e. The summed E-state index contributed by atoms with van der Waals surface area (Å²) < 4.78 is 18.1. The Morgan fingerprint density at radius 2 is 2.18 bits per heavy atom. The zero-order chi connectivity index (χ0) is 19.9. The second-order valence-electron chi connectivity index (χ2n) is 6.46. The maximum Gasteiger partial charge on any atom is 0.414 e. The van der Waals surface area contributed by atoms with Gasteiger partial charge in [0.15, 0.2) is 0 Å². The molecule has 2 saturated heterocycles. The van der Waals surface area contributed by atoms with Crippen molar-refractivity contribution in [2.24, 2.45) is 0 Å². The molecule has 2 fully saturated rings. The topological polar surface area (TPSA) is 102 Å². The number of cyclic esters (lactones) is 1. The van der Waals surface area contributed by atoms with Crippen LogP contribution in [0, 0.1) is 0 Å². The first-order chi connectivity index (χ1) is 13.5. The molecule has 28 heavy (non-hydrogen) atoms. The molecule has 2 aliphatic heterocycles. The molecule has 10 nitrogen and oxygen atoms in total. The van der Waals surface area contributed by atoms with E-state index in [0.29, 0.717) is 24.7 Å². The molecular weight excluding hydrogens is 388 g/mol. The number of hydrogen-bond donors (Lipinski definition) is 1. The van der Waals surface area contributed by atoms with Gasteiger partial charge in [0.2, 0.25) is 11.8 Å². The maximum absolute atomic E-state index is 12.0. The number of amides is 2. The van der Waals surface area contributed by atoms with E-state index in [1.807, 2.05) is 0 Å². The number of ether oxygens (including phenoxy) is 2. The van der Waals surface area contributed by atoms with Gasteiger partial charge in [0.1, 0.15) is 24.4 Å². The van der Waals surface area contributed by atoms with Gasteiger partial charge in [-0.25, -0.2) is 19.0 Å². The fraction of sp³-hybridized carbons (Fsp3) is 0.588. The van der Waals surface area contributed by atoms with Crippen LogP contribution >= 0.6 is 12.2 Å². The van der Waals surface area contributed by atoms with Gasteiger partial charge in [-0.15, -0.1) is 4.33 Å².